The number of carbonyl (C=O) groups is 1. The second-order valence-electron chi connectivity index (χ2n) is 4.84. The van der Waals surface area contributed by atoms with Crippen molar-refractivity contribution in [1.82, 2.24) is 0 Å². The van der Waals surface area contributed by atoms with E-state index in [0.29, 0.717) is 6.42 Å². The quantitative estimate of drug-likeness (QED) is 0.703. The molecule has 0 aliphatic heterocycles. The fourth-order valence-corrected chi connectivity index (χ4v) is 1.60. The summed E-state index contributed by atoms with van der Waals surface area (Å²) < 4.78 is 12.8. The topological polar surface area (TPSA) is 17.1 Å². The third-order valence-corrected chi connectivity index (χ3v) is 3.17. The summed E-state index contributed by atoms with van der Waals surface area (Å²) in [5.74, 6) is -0.161. The number of halogens is 1. The summed E-state index contributed by atoms with van der Waals surface area (Å²) in [6.45, 7) is 9.57. The molecule has 0 aliphatic rings. The number of allylic oxidation sites excluding steroid dienone is 1. The maximum atomic E-state index is 12.8. The standard InChI is InChI=1S/C15H19FO/c1-5-11(2)10-14(17)15(3,4)12-6-8-13(16)9-7-12/h6-9H,2,5,10H2,1,3-4H3. The highest BCUT2D eigenvalue weighted by molar-refractivity contribution is 5.90. The van der Waals surface area contributed by atoms with Gasteiger partial charge in [0.25, 0.3) is 0 Å². The van der Waals surface area contributed by atoms with Crippen LogP contribution in [-0.2, 0) is 10.2 Å². The average molecular weight is 234 g/mol. The van der Waals surface area contributed by atoms with Gasteiger partial charge >= 0.3 is 0 Å². The van der Waals surface area contributed by atoms with Gasteiger partial charge in [0.15, 0.2) is 0 Å². The highest BCUT2D eigenvalue weighted by atomic mass is 19.1. The van der Waals surface area contributed by atoms with Crippen molar-refractivity contribution in [3.63, 3.8) is 0 Å². The van der Waals surface area contributed by atoms with Crippen LogP contribution in [0.1, 0.15) is 39.2 Å². The molecule has 0 bridgehead atoms. The van der Waals surface area contributed by atoms with Crippen molar-refractivity contribution in [2.24, 2.45) is 0 Å². The zero-order chi connectivity index (χ0) is 13.1. The lowest BCUT2D eigenvalue weighted by atomic mass is 9.78. The van der Waals surface area contributed by atoms with Crippen LogP contribution in [0.5, 0.6) is 0 Å². The van der Waals surface area contributed by atoms with E-state index >= 15 is 0 Å². The van der Waals surface area contributed by atoms with Gasteiger partial charge in [-0.15, -0.1) is 0 Å². The summed E-state index contributed by atoms with van der Waals surface area (Å²) in [5, 5.41) is 0. The Bertz CT molecular complexity index is 415. The van der Waals surface area contributed by atoms with Gasteiger partial charge in [0.1, 0.15) is 11.6 Å². The number of hydrogen-bond donors (Lipinski definition) is 0. The summed E-state index contributed by atoms with van der Waals surface area (Å²) in [6.07, 6.45) is 1.20. The summed E-state index contributed by atoms with van der Waals surface area (Å²) in [5.41, 5.74) is 1.18. The second-order valence-corrected chi connectivity index (χ2v) is 4.84. The first kappa shape index (κ1) is 13.6. The molecular weight excluding hydrogens is 215 g/mol. The second kappa shape index (κ2) is 5.26. The molecule has 0 radical (unpaired) electrons. The van der Waals surface area contributed by atoms with E-state index in [0.717, 1.165) is 17.6 Å². The van der Waals surface area contributed by atoms with Gasteiger partial charge in [0.2, 0.25) is 0 Å². The number of ketones is 1. The summed E-state index contributed by atoms with van der Waals surface area (Å²) in [7, 11) is 0. The third kappa shape index (κ3) is 3.26. The van der Waals surface area contributed by atoms with E-state index in [1.807, 2.05) is 20.8 Å². The fourth-order valence-electron chi connectivity index (χ4n) is 1.60. The Morgan fingerprint density at radius 3 is 2.29 bits per heavy atom. The predicted octanol–water partition coefficient (Wildman–Crippen LogP) is 4.03. The molecule has 1 aromatic carbocycles. The number of hydrogen-bond acceptors (Lipinski definition) is 1. The van der Waals surface area contributed by atoms with Crippen LogP contribution >= 0.6 is 0 Å². The van der Waals surface area contributed by atoms with Crippen LogP contribution in [0.3, 0.4) is 0 Å². The Kier molecular flexibility index (Phi) is 4.22. The summed E-state index contributed by atoms with van der Waals surface area (Å²) >= 11 is 0. The predicted molar refractivity (Wildman–Crippen MR) is 68.5 cm³/mol. The first-order chi connectivity index (χ1) is 7.87. The van der Waals surface area contributed by atoms with E-state index in [1.165, 1.54) is 12.1 Å². The van der Waals surface area contributed by atoms with E-state index in [9.17, 15) is 9.18 Å². The molecule has 0 unspecified atom stereocenters. The van der Waals surface area contributed by atoms with Crippen LogP contribution in [0.15, 0.2) is 36.4 Å². The van der Waals surface area contributed by atoms with Gasteiger partial charge in [-0.05, 0) is 38.0 Å². The first-order valence-electron chi connectivity index (χ1n) is 5.84. The average Bonchev–Trinajstić information content (AvgIpc) is 2.29. The smallest absolute Gasteiger partial charge is 0.146 e. The Balaban J connectivity index is 2.90. The molecule has 0 saturated carbocycles. The maximum absolute atomic E-state index is 12.8. The van der Waals surface area contributed by atoms with Gasteiger partial charge in [-0.25, -0.2) is 4.39 Å². The van der Waals surface area contributed by atoms with E-state index in [1.54, 1.807) is 12.1 Å². The molecule has 0 spiro atoms. The van der Waals surface area contributed by atoms with Crippen LogP contribution in [0.25, 0.3) is 0 Å². The number of carbonyl (C=O) groups excluding carboxylic acids is 1. The molecule has 1 aromatic rings. The zero-order valence-electron chi connectivity index (χ0n) is 10.7. The van der Waals surface area contributed by atoms with Crippen molar-refractivity contribution in [2.45, 2.75) is 39.0 Å². The van der Waals surface area contributed by atoms with E-state index in [4.69, 9.17) is 0 Å². The zero-order valence-corrected chi connectivity index (χ0v) is 10.7. The largest absolute Gasteiger partial charge is 0.298 e. The summed E-state index contributed by atoms with van der Waals surface area (Å²) in [6, 6.07) is 6.11. The molecule has 1 nitrogen and oxygen atoms in total. The summed E-state index contributed by atoms with van der Waals surface area (Å²) in [4.78, 5) is 12.2. The Morgan fingerprint density at radius 2 is 1.82 bits per heavy atom. The van der Waals surface area contributed by atoms with Crippen molar-refractivity contribution < 1.29 is 9.18 Å². The molecular formula is C15H19FO. The minimum absolute atomic E-state index is 0.121. The normalized spacial score (nSPS) is 11.3. The number of rotatable bonds is 5. The molecule has 0 heterocycles. The maximum Gasteiger partial charge on any atom is 0.146 e. The number of benzene rings is 1. The van der Waals surface area contributed by atoms with Gasteiger partial charge in [-0.2, -0.15) is 0 Å². The van der Waals surface area contributed by atoms with Crippen LogP contribution in [0.4, 0.5) is 4.39 Å². The monoisotopic (exact) mass is 234 g/mol. The molecule has 92 valence electrons. The Labute approximate surface area is 102 Å². The molecule has 0 amide bonds. The minimum atomic E-state index is -0.591. The highest BCUT2D eigenvalue weighted by Crippen LogP contribution is 2.27. The van der Waals surface area contributed by atoms with Crippen LogP contribution in [-0.4, -0.2) is 5.78 Å². The molecule has 0 aliphatic carbocycles. The molecule has 1 rings (SSSR count). The highest BCUT2D eigenvalue weighted by Gasteiger charge is 2.29. The Morgan fingerprint density at radius 1 is 1.29 bits per heavy atom. The molecule has 0 saturated heterocycles. The molecule has 0 atom stereocenters. The number of Topliss-reactive ketones (excluding diaryl/α,β-unsaturated/α-hetero) is 1. The first-order valence-corrected chi connectivity index (χ1v) is 5.84. The molecule has 0 N–H and O–H groups in total. The lowest BCUT2D eigenvalue weighted by Crippen LogP contribution is -2.29. The van der Waals surface area contributed by atoms with Gasteiger partial charge in [0, 0.05) is 11.8 Å². The van der Waals surface area contributed by atoms with Crippen molar-refractivity contribution in [3.8, 4) is 0 Å². The SMILES string of the molecule is C=C(CC)CC(=O)C(C)(C)c1ccc(F)cc1. The van der Waals surface area contributed by atoms with Crippen molar-refractivity contribution in [3.05, 3.63) is 47.8 Å². The van der Waals surface area contributed by atoms with Gasteiger partial charge in [-0.1, -0.05) is 31.2 Å². The van der Waals surface area contributed by atoms with Crippen molar-refractivity contribution in [1.29, 1.82) is 0 Å². The minimum Gasteiger partial charge on any atom is -0.298 e. The fraction of sp³-hybridized carbons (Fsp3) is 0.400. The molecule has 2 heteroatoms. The van der Waals surface area contributed by atoms with Crippen molar-refractivity contribution >= 4 is 5.78 Å². The lowest BCUT2D eigenvalue weighted by molar-refractivity contribution is -0.122. The molecule has 0 fully saturated rings. The van der Waals surface area contributed by atoms with Gasteiger partial charge in [0.05, 0.1) is 0 Å². The van der Waals surface area contributed by atoms with Crippen molar-refractivity contribution in [2.75, 3.05) is 0 Å². The van der Waals surface area contributed by atoms with E-state index < -0.39 is 5.41 Å². The van der Waals surface area contributed by atoms with Gasteiger partial charge in [-0.3, -0.25) is 4.79 Å². The van der Waals surface area contributed by atoms with Crippen LogP contribution in [0, 0.1) is 5.82 Å². The van der Waals surface area contributed by atoms with E-state index in [2.05, 4.69) is 6.58 Å². The lowest BCUT2D eigenvalue weighted by Gasteiger charge is -2.24. The van der Waals surface area contributed by atoms with Gasteiger partial charge < -0.3 is 0 Å². The van der Waals surface area contributed by atoms with E-state index in [-0.39, 0.29) is 11.6 Å². The Hall–Kier alpha value is -1.44. The third-order valence-electron chi connectivity index (χ3n) is 3.17. The molecule has 0 aromatic heterocycles. The van der Waals surface area contributed by atoms with Crippen LogP contribution in [0.2, 0.25) is 0 Å². The molecule has 17 heavy (non-hydrogen) atoms. The van der Waals surface area contributed by atoms with Crippen LogP contribution < -0.4 is 0 Å².